The third-order valence-corrected chi connectivity index (χ3v) is 4.81. The summed E-state index contributed by atoms with van der Waals surface area (Å²) in [5, 5.41) is 19.7. The van der Waals surface area contributed by atoms with Crippen molar-refractivity contribution in [3.05, 3.63) is 73.5 Å². The van der Waals surface area contributed by atoms with E-state index in [1.54, 1.807) is 25.3 Å². The quantitative estimate of drug-likeness (QED) is 0.567. The predicted molar refractivity (Wildman–Crippen MR) is 95.0 cm³/mol. The Morgan fingerprint density at radius 2 is 2.19 bits per heavy atom. The highest BCUT2D eigenvalue weighted by Gasteiger charge is 2.33. The number of hydrogen-bond donors (Lipinski definition) is 1. The fraction of sp³-hybridized carbons (Fsp3) is 0.333. The molecule has 0 radical (unpaired) electrons. The number of carboxylic acid groups (broad SMARTS) is 1. The molecule has 0 fully saturated rings. The molecule has 27 heavy (non-hydrogen) atoms. The van der Waals surface area contributed by atoms with Crippen LogP contribution in [0, 0.1) is 17.0 Å². The van der Waals surface area contributed by atoms with Crippen LogP contribution in [-0.4, -0.2) is 27.8 Å². The maximum absolute atomic E-state index is 11.8. The van der Waals surface area contributed by atoms with Gasteiger partial charge in [0.1, 0.15) is 6.10 Å². The minimum Gasteiger partial charge on any atom is -0.481 e. The number of aliphatic carboxylic acids is 1. The lowest BCUT2D eigenvalue weighted by Crippen LogP contribution is -2.19. The summed E-state index contributed by atoms with van der Waals surface area (Å²) < 4.78 is 5.90. The molecular formula is C18H17ClN2O6. The van der Waals surface area contributed by atoms with Crippen molar-refractivity contribution in [3.8, 4) is 0 Å². The molecule has 2 heterocycles. The highest BCUT2D eigenvalue weighted by atomic mass is 35.5. The second-order valence-electron chi connectivity index (χ2n) is 6.17. The Labute approximate surface area is 159 Å². The van der Waals surface area contributed by atoms with E-state index in [0.717, 1.165) is 16.7 Å². The van der Waals surface area contributed by atoms with Gasteiger partial charge < -0.3 is 14.7 Å². The Balaban J connectivity index is 1.96. The smallest absolute Gasteiger partial charge is 0.311 e. The van der Waals surface area contributed by atoms with Gasteiger partial charge in [0, 0.05) is 22.5 Å². The van der Waals surface area contributed by atoms with Crippen LogP contribution < -0.4 is 0 Å². The maximum Gasteiger partial charge on any atom is 0.311 e. The molecule has 142 valence electrons. The van der Waals surface area contributed by atoms with Crippen LogP contribution >= 0.6 is 11.6 Å². The first-order chi connectivity index (χ1) is 12.9. The van der Waals surface area contributed by atoms with Crippen molar-refractivity contribution in [2.24, 2.45) is 0 Å². The highest BCUT2D eigenvalue weighted by molar-refractivity contribution is 6.30. The molecule has 1 unspecified atom stereocenters. The summed E-state index contributed by atoms with van der Waals surface area (Å²) in [5.74, 6) is -2.06. The number of fused-ring (bicyclic) bond motifs is 1. The zero-order valence-electron chi connectivity index (χ0n) is 14.4. The summed E-state index contributed by atoms with van der Waals surface area (Å²) in [6.07, 6.45) is 1.28. The molecule has 2 atom stereocenters. The van der Waals surface area contributed by atoms with Crippen molar-refractivity contribution in [1.82, 2.24) is 4.98 Å². The summed E-state index contributed by atoms with van der Waals surface area (Å²) in [7, 11) is 0. The Kier molecular flexibility index (Phi) is 5.57. The number of halogens is 1. The number of ether oxygens (including phenoxy) is 1. The van der Waals surface area contributed by atoms with E-state index < -0.39 is 17.0 Å². The molecule has 1 aliphatic heterocycles. The fourth-order valence-electron chi connectivity index (χ4n) is 3.34. The van der Waals surface area contributed by atoms with E-state index in [0.29, 0.717) is 16.3 Å². The number of carbonyl (C=O) groups is 1. The van der Waals surface area contributed by atoms with E-state index in [4.69, 9.17) is 16.3 Å². The lowest BCUT2D eigenvalue weighted by atomic mass is 9.88. The zero-order chi connectivity index (χ0) is 19.6. The van der Waals surface area contributed by atoms with E-state index in [1.807, 2.05) is 12.1 Å². The standard InChI is InChI=1S/C18H17ClN2O6/c1-10-16(13(18(22)23)6-7-27-21(24)25)15-9-26-17(14(15)8-20-10)11-2-4-12(19)5-3-11/h2-5,8,13,17H,6-7,9H2,1H3,(H,22,23)/t13?,17-/m0/s1. The van der Waals surface area contributed by atoms with Gasteiger partial charge in [-0.3, -0.25) is 9.78 Å². The average molecular weight is 393 g/mol. The van der Waals surface area contributed by atoms with Crippen molar-refractivity contribution in [2.75, 3.05) is 6.61 Å². The van der Waals surface area contributed by atoms with Gasteiger partial charge in [-0.1, -0.05) is 23.7 Å². The van der Waals surface area contributed by atoms with Crippen LogP contribution in [-0.2, 0) is 21.0 Å². The number of carboxylic acids is 1. The largest absolute Gasteiger partial charge is 0.481 e. The number of aromatic nitrogens is 1. The first-order valence-electron chi connectivity index (χ1n) is 8.24. The minimum atomic E-state index is -1.09. The number of pyridine rings is 1. The van der Waals surface area contributed by atoms with Gasteiger partial charge in [-0.15, -0.1) is 10.1 Å². The van der Waals surface area contributed by atoms with Gasteiger partial charge in [0.25, 0.3) is 5.09 Å². The maximum atomic E-state index is 11.8. The van der Waals surface area contributed by atoms with Crippen LogP contribution in [0.4, 0.5) is 0 Å². The van der Waals surface area contributed by atoms with Crippen molar-refractivity contribution in [2.45, 2.75) is 32.0 Å². The van der Waals surface area contributed by atoms with E-state index in [2.05, 4.69) is 9.82 Å². The molecule has 0 aliphatic carbocycles. The number of rotatable bonds is 7. The molecule has 1 aromatic heterocycles. The summed E-state index contributed by atoms with van der Waals surface area (Å²) in [5.41, 5.74) is 3.53. The lowest BCUT2D eigenvalue weighted by molar-refractivity contribution is -0.757. The lowest BCUT2D eigenvalue weighted by Gasteiger charge is -2.18. The van der Waals surface area contributed by atoms with Gasteiger partial charge in [-0.25, -0.2) is 0 Å². The zero-order valence-corrected chi connectivity index (χ0v) is 15.2. The van der Waals surface area contributed by atoms with E-state index >= 15 is 0 Å². The number of benzene rings is 1. The van der Waals surface area contributed by atoms with E-state index in [1.165, 1.54) is 0 Å². The van der Waals surface area contributed by atoms with Crippen molar-refractivity contribution in [3.63, 3.8) is 0 Å². The van der Waals surface area contributed by atoms with Crippen LogP contribution in [0.25, 0.3) is 0 Å². The molecule has 0 bridgehead atoms. The predicted octanol–water partition coefficient (Wildman–Crippen LogP) is 3.43. The first kappa shape index (κ1) is 19.1. The Bertz CT molecular complexity index is 871. The summed E-state index contributed by atoms with van der Waals surface area (Å²) in [6, 6.07) is 7.22. The monoisotopic (exact) mass is 392 g/mol. The van der Waals surface area contributed by atoms with Crippen molar-refractivity contribution < 1.29 is 24.6 Å². The van der Waals surface area contributed by atoms with Gasteiger partial charge in [0.2, 0.25) is 0 Å². The van der Waals surface area contributed by atoms with Gasteiger partial charge in [-0.2, -0.15) is 0 Å². The van der Waals surface area contributed by atoms with Crippen LogP contribution in [0.2, 0.25) is 5.02 Å². The first-order valence-corrected chi connectivity index (χ1v) is 8.61. The van der Waals surface area contributed by atoms with Crippen molar-refractivity contribution >= 4 is 17.6 Å². The second-order valence-corrected chi connectivity index (χ2v) is 6.61. The summed E-state index contributed by atoms with van der Waals surface area (Å²) in [4.78, 5) is 30.8. The number of hydrogen-bond acceptors (Lipinski definition) is 6. The summed E-state index contributed by atoms with van der Waals surface area (Å²) >= 11 is 5.93. The molecule has 0 spiro atoms. The number of aryl methyl sites for hydroxylation is 1. The molecule has 1 aliphatic rings. The van der Waals surface area contributed by atoms with Crippen LogP contribution in [0.1, 0.15) is 46.4 Å². The Morgan fingerprint density at radius 3 is 2.81 bits per heavy atom. The van der Waals surface area contributed by atoms with Crippen molar-refractivity contribution in [1.29, 1.82) is 0 Å². The van der Waals surface area contributed by atoms with Gasteiger partial charge in [0.15, 0.2) is 0 Å². The molecule has 1 N–H and O–H groups in total. The van der Waals surface area contributed by atoms with Gasteiger partial charge in [0.05, 0.1) is 19.1 Å². The second kappa shape index (κ2) is 7.89. The average Bonchev–Trinajstić information content (AvgIpc) is 3.04. The van der Waals surface area contributed by atoms with Gasteiger partial charge in [-0.05, 0) is 42.2 Å². The highest BCUT2D eigenvalue weighted by Crippen LogP contribution is 2.40. The molecule has 8 nitrogen and oxygen atoms in total. The van der Waals surface area contributed by atoms with E-state index in [-0.39, 0.29) is 25.7 Å². The van der Waals surface area contributed by atoms with Gasteiger partial charge >= 0.3 is 5.97 Å². The third-order valence-electron chi connectivity index (χ3n) is 4.56. The molecule has 0 amide bonds. The molecule has 9 heteroatoms. The Morgan fingerprint density at radius 1 is 1.48 bits per heavy atom. The third kappa shape index (κ3) is 4.01. The van der Waals surface area contributed by atoms with Crippen LogP contribution in [0.15, 0.2) is 30.5 Å². The van der Waals surface area contributed by atoms with Crippen LogP contribution in [0.3, 0.4) is 0 Å². The molecule has 0 saturated heterocycles. The summed E-state index contributed by atoms with van der Waals surface area (Å²) in [6.45, 7) is 1.64. The van der Waals surface area contributed by atoms with Crippen LogP contribution in [0.5, 0.6) is 0 Å². The number of nitrogens with zero attached hydrogens (tertiary/aromatic N) is 2. The molecule has 0 saturated carbocycles. The minimum absolute atomic E-state index is 0.0408. The molecule has 2 aromatic rings. The fourth-order valence-corrected chi connectivity index (χ4v) is 3.47. The SMILES string of the molecule is Cc1ncc2c(c1C(CCO[N+](=O)[O-])C(=O)O)CO[C@H]2c1ccc(Cl)cc1. The van der Waals surface area contributed by atoms with E-state index in [9.17, 15) is 20.0 Å². The molecule has 1 aromatic carbocycles. The normalized spacial score (nSPS) is 16.6. The molecular weight excluding hydrogens is 376 g/mol. The molecule has 3 rings (SSSR count). The topological polar surface area (TPSA) is 112 Å². The Hall–Kier alpha value is -2.71.